The molecular formula is C20H25NO3. The van der Waals surface area contributed by atoms with E-state index < -0.39 is 5.97 Å². The van der Waals surface area contributed by atoms with E-state index in [1.165, 1.54) is 6.42 Å². The van der Waals surface area contributed by atoms with Crippen molar-refractivity contribution in [2.45, 2.75) is 64.3 Å². The lowest BCUT2D eigenvalue weighted by Crippen LogP contribution is -2.31. The summed E-state index contributed by atoms with van der Waals surface area (Å²) in [6, 6.07) is 5.17. The van der Waals surface area contributed by atoms with Crippen LogP contribution in [0.3, 0.4) is 0 Å². The van der Waals surface area contributed by atoms with Crippen LogP contribution in [0.5, 0.6) is 0 Å². The van der Waals surface area contributed by atoms with Gasteiger partial charge in [0.2, 0.25) is 0 Å². The highest BCUT2D eigenvalue weighted by atomic mass is 16.4. The first-order valence-corrected chi connectivity index (χ1v) is 8.84. The second kappa shape index (κ2) is 6.50. The van der Waals surface area contributed by atoms with Crippen molar-refractivity contribution in [3.63, 3.8) is 0 Å². The Hall–Kier alpha value is -1.97. The normalized spacial score (nSPS) is 20.2. The number of carbonyl (C=O) groups is 2. The van der Waals surface area contributed by atoms with E-state index in [-0.39, 0.29) is 11.5 Å². The maximum Gasteiger partial charge on any atom is 0.335 e. The minimum atomic E-state index is -0.919. The molecule has 0 spiro atoms. The van der Waals surface area contributed by atoms with E-state index in [0.29, 0.717) is 24.2 Å². The molecule has 1 aromatic rings. The van der Waals surface area contributed by atoms with Crippen molar-refractivity contribution in [2.24, 2.45) is 10.9 Å². The van der Waals surface area contributed by atoms with Crippen LogP contribution in [0.4, 0.5) is 0 Å². The average molecular weight is 327 g/mol. The second-order valence-electron chi connectivity index (χ2n) is 7.70. The van der Waals surface area contributed by atoms with E-state index in [4.69, 9.17) is 4.99 Å². The average Bonchev–Trinajstić information content (AvgIpc) is 2.54. The summed E-state index contributed by atoms with van der Waals surface area (Å²) >= 11 is 0. The number of hydrogen-bond donors (Lipinski definition) is 1. The van der Waals surface area contributed by atoms with Crippen LogP contribution in [0.25, 0.3) is 0 Å². The van der Waals surface area contributed by atoms with Crippen molar-refractivity contribution < 1.29 is 14.7 Å². The van der Waals surface area contributed by atoms with Gasteiger partial charge >= 0.3 is 5.97 Å². The molecule has 1 N–H and O–H groups in total. The van der Waals surface area contributed by atoms with Gasteiger partial charge in [0, 0.05) is 12.3 Å². The summed E-state index contributed by atoms with van der Waals surface area (Å²) in [5.41, 5.74) is 2.76. The van der Waals surface area contributed by atoms with Gasteiger partial charge in [0.05, 0.1) is 16.8 Å². The predicted molar refractivity (Wildman–Crippen MR) is 93.9 cm³/mol. The molecule has 1 aromatic carbocycles. The zero-order chi connectivity index (χ0) is 17.3. The summed E-state index contributed by atoms with van der Waals surface area (Å²) in [6.45, 7) is 4.07. The molecule has 4 heteroatoms. The number of carboxylic acids is 1. The lowest BCUT2D eigenvalue weighted by molar-refractivity contribution is -0.122. The molecule has 3 rings (SSSR count). The lowest BCUT2D eigenvalue weighted by Gasteiger charge is -2.30. The lowest BCUT2D eigenvalue weighted by atomic mass is 9.81. The minimum Gasteiger partial charge on any atom is -0.478 e. The third kappa shape index (κ3) is 3.58. The Bertz CT molecular complexity index is 697. The quantitative estimate of drug-likeness (QED) is 0.907. The first kappa shape index (κ1) is 16.9. The molecule has 0 radical (unpaired) electrons. The summed E-state index contributed by atoms with van der Waals surface area (Å²) in [6.07, 6.45) is 6.59. The Kier molecular flexibility index (Phi) is 4.57. The molecule has 4 nitrogen and oxygen atoms in total. The zero-order valence-corrected chi connectivity index (χ0v) is 14.5. The summed E-state index contributed by atoms with van der Waals surface area (Å²) in [5, 5.41) is 9.21. The third-order valence-electron chi connectivity index (χ3n) is 5.13. The largest absolute Gasteiger partial charge is 0.478 e. The number of aliphatic imine (C=N–C) groups is 1. The number of Topliss-reactive ketones (excluding diaryl/α,β-unsaturated/α-hetero) is 1. The Labute approximate surface area is 143 Å². The molecule has 1 fully saturated rings. The van der Waals surface area contributed by atoms with Gasteiger partial charge in [0.1, 0.15) is 5.78 Å². The van der Waals surface area contributed by atoms with Gasteiger partial charge in [-0.05, 0) is 56.4 Å². The second-order valence-corrected chi connectivity index (χ2v) is 7.70. The topological polar surface area (TPSA) is 66.7 Å². The summed E-state index contributed by atoms with van der Waals surface area (Å²) in [7, 11) is 0. The standard InChI is InChI=1S/C20H25NO3/c1-20(2)12-15-10-14(19(23)24)8-9-16(15)17(21-20)11-18(22)13-6-4-3-5-7-13/h8-10,13H,3-7,11-12H2,1-2H3,(H,23,24). The highest BCUT2D eigenvalue weighted by molar-refractivity contribution is 6.13. The van der Waals surface area contributed by atoms with Crippen molar-refractivity contribution in [3.05, 3.63) is 34.9 Å². The Balaban J connectivity index is 1.88. The van der Waals surface area contributed by atoms with Crippen LogP contribution < -0.4 is 0 Å². The molecule has 1 saturated carbocycles. The number of benzene rings is 1. The molecule has 1 heterocycles. The molecule has 0 atom stereocenters. The molecule has 1 aliphatic carbocycles. The van der Waals surface area contributed by atoms with Crippen molar-refractivity contribution in [1.29, 1.82) is 0 Å². The van der Waals surface area contributed by atoms with Crippen LogP contribution in [-0.4, -0.2) is 28.1 Å². The Morgan fingerprint density at radius 3 is 2.58 bits per heavy atom. The van der Waals surface area contributed by atoms with Crippen molar-refractivity contribution in [2.75, 3.05) is 0 Å². The van der Waals surface area contributed by atoms with Gasteiger partial charge < -0.3 is 5.11 Å². The Morgan fingerprint density at radius 1 is 1.21 bits per heavy atom. The van der Waals surface area contributed by atoms with Gasteiger partial charge in [0.15, 0.2) is 0 Å². The SMILES string of the molecule is CC1(C)Cc2cc(C(=O)O)ccc2C(CC(=O)C2CCCCC2)=N1. The molecule has 1 aliphatic heterocycles. The van der Waals surface area contributed by atoms with Crippen LogP contribution >= 0.6 is 0 Å². The van der Waals surface area contributed by atoms with E-state index in [2.05, 4.69) is 0 Å². The van der Waals surface area contributed by atoms with Gasteiger partial charge in [0.25, 0.3) is 0 Å². The molecule has 2 aliphatic rings. The third-order valence-corrected chi connectivity index (χ3v) is 5.13. The van der Waals surface area contributed by atoms with E-state index >= 15 is 0 Å². The smallest absolute Gasteiger partial charge is 0.335 e. The monoisotopic (exact) mass is 327 g/mol. The van der Waals surface area contributed by atoms with Crippen molar-refractivity contribution in [1.82, 2.24) is 0 Å². The van der Waals surface area contributed by atoms with Gasteiger partial charge in [-0.15, -0.1) is 0 Å². The predicted octanol–water partition coefficient (Wildman–Crippen LogP) is 4.05. The van der Waals surface area contributed by atoms with E-state index in [0.717, 1.165) is 42.5 Å². The first-order valence-electron chi connectivity index (χ1n) is 8.84. The maximum atomic E-state index is 12.7. The summed E-state index contributed by atoms with van der Waals surface area (Å²) in [5.74, 6) is -0.453. The van der Waals surface area contributed by atoms with Crippen LogP contribution in [-0.2, 0) is 11.2 Å². The fraction of sp³-hybridized carbons (Fsp3) is 0.550. The van der Waals surface area contributed by atoms with E-state index in [1.807, 2.05) is 19.9 Å². The number of carboxylic acid groups (broad SMARTS) is 1. The fourth-order valence-electron chi connectivity index (χ4n) is 3.95. The maximum absolute atomic E-state index is 12.7. The summed E-state index contributed by atoms with van der Waals surface area (Å²) in [4.78, 5) is 28.7. The number of nitrogens with zero attached hydrogens (tertiary/aromatic N) is 1. The highest BCUT2D eigenvalue weighted by Gasteiger charge is 2.30. The number of rotatable bonds is 4. The van der Waals surface area contributed by atoms with Crippen LogP contribution in [0.2, 0.25) is 0 Å². The molecule has 0 saturated heterocycles. The van der Waals surface area contributed by atoms with Crippen molar-refractivity contribution in [3.8, 4) is 0 Å². The number of carbonyl (C=O) groups excluding carboxylic acids is 1. The fourth-order valence-corrected chi connectivity index (χ4v) is 3.95. The molecule has 0 aromatic heterocycles. The molecule has 0 unspecified atom stereocenters. The van der Waals surface area contributed by atoms with E-state index in [1.54, 1.807) is 12.1 Å². The number of aromatic carboxylic acids is 1. The van der Waals surface area contributed by atoms with Crippen LogP contribution in [0.1, 0.15) is 73.9 Å². The van der Waals surface area contributed by atoms with Crippen LogP contribution in [0, 0.1) is 5.92 Å². The van der Waals surface area contributed by atoms with Gasteiger partial charge in [-0.25, -0.2) is 4.79 Å². The van der Waals surface area contributed by atoms with Crippen LogP contribution in [0.15, 0.2) is 23.2 Å². The molecule has 24 heavy (non-hydrogen) atoms. The van der Waals surface area contributed by atoms with Gasteiger partial charge in [-0.1, -0.05) is 25.3 Å². The Morgan fingerprint density at radius 2 is 1.92 bits per heavy atom. The number of fused-ring (bicyclic) bond motifs is 1. The van der Waals surface area contributed by atoms with Crippen molar-refractivity contribution >= 4 is 17.5 Å². The van der Waals surface area contributed by atoms with E-state index in [9.17, 15) is 14.7 Å². The number of ketones is 1. The zero-order valence-electron chi connectivity index (χ0n) is 14.5. The molecular weight excluding hydrogens is 302 g/mol. The van der Waals surface area contributed by atoms with Gasteiger partial charge in [-0.3, -0.25) is 9.79 Å². The first-order chi connectivity index (χ1) is 11.4. The summed E-state index contributed by atoms with van der Waals surface area (Å²) < 4.78 is 0. The number of hydrogen-bond acceptors (Lipinski definition) is 3. The van der Waals surface area contributed by atoms with Gasteiger partial charge in [-0.2, -0.15) is 0 Å². The molecule has 0 bridgehead atoms. The molecule has 0 amide bonds. The highest BCUT2D eigenvalue weighted by Crippen LogP contribution is 2.31. The molecule has 128 valence electrons. The minimum absolute atomic E-state index is 0.174.